The molecule has 2 aromatic carbocycles. The summed E-state index contributed by atoms with van der Waals surface area (Å²) in [5, 5.41) is 0.715. The van der Waals surface area contributed by atoms with Crippen LogP contribution >= 0.6 is 11.6 Å². The molecule has 0 bridgehead atoms. The lowest BCUT2D eigenvalue weighted by atomic mass is 10.2. The number of hydrogen-bond acceptors (Lipinski definition) is 3. The number of halogens is 1. The van der Waals surface area contributed by atoms with Crippen LogP contribution in [0, 0.1) is 6.92 Å². The Hall–Kier alpha value is -2.00. The molecule has 0 aliphatic heterocycles. The number of aryl methyl sites for hydroxylation is 1. The van der Waals surface area contributed by atoms with Gasteiger partial charge in [-0.2, -0.15) is 0 Å². The third-order valence-corrected chi connectivity index (χ3v) is 3.33. The number of nitrogens with zero attached hydrogens (tertiary/aromatic N) is 1. The Morgan fingerprint density at radius 1 is 1.00 bits per heavy atom. The van der Waals surface area contributed by atoms with Crippen molar-refractivity contribution in [2.45, 2.75) is 6.92 Å². The first kappa shape index (κ1) is 14.4. The van der Waals surface area contributed by atoms with E-state index in [1.165, 1.54) is 0 Å². The lowest BCUT2D eigenvalue weighted by Crippen LogP contribution is -1.91. The molecule has 2 rings (SSSR count). The van der Waals surface area contributed by atoms with Crippen molar-refractivity contribution in [2.24, 2.45) is 4.99 Å². The molecular weight excluding hydrogens is 274 g/mol. The van der Waals surface area contributed by atoms with Crippen LogP contribution in [-0.4, -0.2) is 20.4 Å². The molecule has 0 spiro atoms. The Bertz CT molecular complexity index is 638. The van der Waals surface area contributed by atoms with Crippen LogP contribution in [0.15, 0.2) is 41.4 Å². The van der Waals surface area contributed by atoms with Crippen molar-refractivity contribution < 1.29 is 9.47 Å². The highest BCUT2D eigenvalue weighted by atomic mass is 35.5. The number of aliphatic imine (C=N–C) groups is 1. The number of benzene rings is 2. The van der Waals surface area contributed by atoms with Crippen molar-refractivity contribution in [2.75, 3.05) is 14.2 Å². The number of ether oxygens (including phenoxy) is 2. The lowest BCUT2D eigenvalue weighted by Gasteiger charge is -2.07. The molecule has 0 aliphatic rings. The van der Waals surface area contributed by atoms with Gasteiger partial charge in [-0.3, -0.25) is 4.99 Å². The molecule has 0 saturated carbocycles. The molecule has 3 nitrogen and oxygen atoms in total. The van der Waals surface area contributed by atoms with Gasteiger partial charge in [-0.1, -0.05) is 17.7 Å². The third-order valence-electron chi connectivity index (χ3n) is 2.93. The highest BCUT2D eigenvalue weighted by molar-refractivity contribution is 6.31. The summed E-state index contributed by atoms with van der Waals surface area (Å²) in [6, 6.07) is 11.4. The van der Waals surface area contributed by atoms with Gasteiger partial charge in [0.05, 0.1) is 19.9 Å². The second-order valence-electron chi connectivity index (χ2n) is 4.31. The van der Waals surface area contributed by atoms with Gasteiger partial charge in [-0.05, 0) is 48.4 Å². The predicted molar refractivity (Wildman–Crippen MR) is 83.0 cm³/mol. The van der Waals surface area contributed by atoms with Gasteiger partial charge in [0.1, 0.15) is 0 Å². The maximum absolute atomic E-state index is 6.07. The molecule has 0 radical (unpaired) electrons. The van der Waals surface area contributed by atoms with Gasteiger partial charge >= 0.3 is 0 Å². The molecule has 0 saturated heterocycles. The minimum Gasteiger partial charge on any atom is -0.493 e. The van der Waals surface area contributed by atoms with Crippen LogP contribution in [0.4, 0.5) is 5.69 Å². The number of hydrogen-bond donors (Lipinski definition) is 0. The first-order valence-corrected chi connectivity index (χ1v) is 6.54. The van der Waals surface area contributed by atoms with Crippen LogP contribution in [0.25, 0.3) is 0 Å². The van der Waals surface area contributed by atoms with Crippen LogP contribution < -0.4 is 9.47 Å². The highest BCUT2D eigenvalue weighted by Gasteiger charge is 2.03. The van der Waals surface area contributed by atoms with Crippen LogP contribution in [0.3, 0.4) is 0 Å². The van der Waals surface area contributed by atoms with Gasteiger partial charge < -0.3 is 9.47 Å². The zero-order valence-electron chi connectivity index (χ0n) is 11.7. The van der Waals surface area contributed by atoms with Crippen LogP contribution in [-0.2, 0) is 0 Å². The largest absolute Gasteiger partial charge is 0.493 e. The van der Waals surface area contributed by atoms with Crippen molar-refractivity contribution in [3.8, 4) is 11.5 Å². The fourth-order valence-corrected chi connectivity index (χ4v) is 1.92. The summed E-state index contributed by atoms with van der Waals surface area (Å²) in [4.78, 5) is 4.40. The van der Waals surface area contributed by atoms with Crippen molar-refractivity contribution in [3.05, 3.63) is 52.5 Å². The molecule has 0 aromatic heterocycles. The lowest BCUT2D eigenvalue weighted by molar-refractivity contribution is 0.355. The van der Waals surface area contributed by atoms with Gasteiger partial charge in [0.25, 0.3) is 0 Å². The second-order valence-corrected chi connectivity index (χ2v) is 4.71. The summed E-state index contributed by atoms with van der Waals surface area (Å²) < 4.78 is 10.5. The molecule has 0 atom stereocenters. The SMILES string of the molecule is COc1ccc(C=Nc2ccc(C)c(Cl)c2)cc1OC. The quantitative estimate of drug-likeness (QED) is 0.780. The monoisotopic (exact) mass is 289 g/mol. The van der Waals surface area contributed by atoms with E-state index in [0.29, 0.717) is 16.5 Å². The highest BCUT2D eigenvalue weighted by Crippen LogP contribution is 2.27. The van der Waals surface area contributed by atoms with Crippen molar-refractivity contribution in [1.82, 2.24) is 0 Å². The fraction of sp³-hybridized carbons (Fsp3) is 0.188. The molecule has 0 N–H and O–H groups in total. The zero-order chi connectivity index (χ0) is 14.5. The van der Waals surface area contributed by atoms with Gasteiger partial charge in [0.15, 0.2) is 11.5 Å². The Balaban J connectivity index is 2.24. The third kappa shape index (κ3) is 3.31. The van der Waals surface area contributed by atoms with Gasteiger partial charge in [-0.25, -0.2) is 0 Å². The average molecular weight is 290 g/mol. The second kappa shape index (κ2) is 6.44. The van der Waals surface area contributed by atoms with Gasteiger partial charge in [0, 0.05) is 11.2 Å². The maximum atomic E-state index is 6.07. The van der Waals surface area contributed by atoms with Crippen molar-refractivity contribution in [1.29, 1.82) is 0 Å². The molecular formula is C16H16ClNO2. The summed E-state index contributed by atoms with van der Waals surface area (Å²) in [6.07, 6.45) is 1.77. The molecule has 2 aromatic rings. The molecule has 0 unspecified atom stereocenters. The normalized spacial score (nSPS) is 10.8. The van der Waals surface area contributed by atoms with E-state index in [-0.39, 0.29) is 0 Å². The van der Waals surface area contributed by atoms with Crippen LogP contribution in [0.5, 0.6) is 11.5 Å². The molecule has 4 heteroatoms. The minimum atomic E-state index is 0.679. The summed E-state index contributed by atoms with van der Waals surface area (Å²) in [7, 11) is 3.22. The van der Waals surface area contributed by atoms with E-state index in [0.717, 1.165) is 16.8 Å². The van der Waals surface area contributed by atoms with E-state index in [2.05, 4.69) is 4.99 Å². The summed E-state index contributed by atoms with van der Waals surface area (Å²) in [5.41, 5.74) is 2.78. The Kier molecular flexibility index (Phi) is 4.64. The Labute approximate surface area is 123 Å². The van der Waals surface area contributed by atoms with Crippen LogP contribution in [0.1, 0.15) is 11.1 Å². The topological polar surface area (TPSA) is 30.8 Å². The average Bonchev–Trinajstić information content (AvgIpc) is 2.48. The van der Waals surface area contributed by atoms with E-state index < -0.39 is 0 Å². The van der Waals surface area contributed by atoms with Crippen molar-refractivity contribution >= 4 is 23.5 Å². The first-order valence-electron chi connectivity index (χ1n) is 6.16. The van der Waals surface area contributed by atoms with E-state index in [1.807, 2.05) is 43.3 Å². The smallest absolute Gasteiger partial charge is 0.161 e. The standard InChI is InChI=1S/C16H16ClNO2/c1-11-4-6-13(9-14(11)17)18-10-12-5-7-15(19-2)16(8-12)20-3/h4-10H,1-3H3. The fourth-order valence-electron chi connectivity index (χ4n) is 1.74. The predicted octanol–water partition coefficient (Wildman–Crippen LogP) is 4.42. The molecule has 0 amide bonds. The summed E-state index contributed by atoms with van der Waals surface area (Å²) in [6.45, 7) is 1.96. The molecule has 0 heterocycles. The van der Waals surface area contributed by atoms with E-state index in [4.69, 9.17) is 21.1 Å². The molecule has 20 heavy (non-hydrogen) atoms. The minimum absolute atomic E-state index is 0.679. The number of methoxy groups -OCH3 is 2. The Morgan fingerprint density at radius 2 is 1.75 bits per heavy atom. The maximum Gasteiger partial charge on any atom is 0.161 e. The van der Waals surface area contributed by atoms with E-state index in [9.17, 15) is 0 Å². The first-order chi connectivity index (χ1) is 9.63. The van der Waals surface area contributed by atoms with E-state index >= 15 is 0 Å². The summed E-state index contributed by atoms with van der Waals surface area (Å²) >= 11 is 6.07. The number of rotatable bonds is 4. The van der Waals surface area contributed by atoms with Gasteiger partial charge in [0.2, 0.25) is 0 Å². The Morgan fingerprint density at radius 3 is 2.40 bits per heavy atom. The molecule has 104 valence electrons. The summed E-state index contributed by atoms with van der Waals surface area (Å²) in [5.74, 6) is 1.38. The van der Waals surface area contributed by atoms with E-state index in [1.54, 1.807) is 20.4 Å². The van der Waals surface area contributed by atoms with Crippen molar-refractivity contribution in [3.63, 3.8) is 0 Å². The van der Waals surface area contributed by atoms with Crippen LogP contribution in [0.2, 0.25) is 5.02 Å². The molecule has 0 fully saturated rings. The zero-order valence-corrected chi connectivity index (χ0v) is 12.4. The van der Waals surface area contributed by atoms with Gasteiger partial charge in [-0.15, -0.1) is 0 Å². The molecule has 0 aliphatic carbocycles.